The molecule has 0 bridgehead atoms. The van der Waals surface area contributed by atoms with Crippen molar-refractivity contribution >= 4 is 10.0 Å². The highest BCUT2D eigenvalue weighted by atomic mass is 32.2. The molecule has 1 aliphatic heterocycles. The van der Waals surface area contributed by atoms with Crippen molar-refractivity contribution < 1.29 is 12.8 Å². The largest absolute Gasteiger partial charge is 0.465 e. The van der Waals surface area contributed by atoms with Crippen LogP contribution < -0.4 is 5.32 Å². The first kappa shape index (κ1) is 16.5. The van der Waals surface area contributed by atoms with Gasteiger partial charge in [-0.3, -0.25) is 4.90 Å². The third-order valence-electron chi connectivity index (χ3n) is 3.82. The average Bonchev–Trinajstić information content (AvgIpc) is 2.76. The molecule has 1 N–H and O–H groups in total. The molecule has 1 aromatic rings. The van der Waals surface area contributed by atoms with Crippen LogP contribution in [0.1, 0.15) is 24.0 Å². The zero-order valence-corrected chi connectivity index (χ0v) is 13.9. The third-order valence-corrected chi connectivity index (χ3v) is 5.12. The molecule has 2 rings (SSSR count). The van der Waals surface area contributed by atoms with Crippen LogP contribution >= 0.6 is 0 Å². The second-order valence-electron chi connectivity index (χ2n) is 5.51. The minimum absolute atomic E-state index is 0.558. The molecule has 120 valence electrons. The number of hydrogen-bond donors (Lipinski definition) is 1. The van der Waals surface area contributed by atoms with Gasteiger partial charge < -0.3 is 9.73 Å². The van der Waals surface area contributed by atoms with Gasteiger partial charge in [-0.15, -0.1) is 0 Å². The number of furan rings is 1. The highest BCUT2D eigenvalue weighted by Gasteiger charge is 2.24. The minimum atomic E-state index is -3.06. The maximum absolute atomic E-state index is 11.5. The number of rotatable bonds is 6. The number of aryl methyl sites for hydroxylation is 1. The van der Waals surface area contributed by atoms with Crippen molar-refractivity contribution in [1.82, 2.24) is 14.5 Å². The van der Waals surface area contributed by atoms with Gasteiger partial charge in [0, 0.05) is 38.3 Å². The number of hydrogen-bond acceptors (Lipinski definition) is 5. The Morgan fingerprint density at radius 2 is 1.95 bits per heavy atom. The van der Waals surface area contributed by atoms with Crippen LogP contribution in [-0.2, 0) is 23.1 Å². The summed E-state index contributed by atoms with van der Waals surface area (Å²) in [5.74, 6) is 1.91. The molecular formula is C14H25N3O3S. The van der Waals surface area contributed by atoms with Gasteiger partial charge in [-0.1, -0.05) is 6.92 Å². The zero-order valence-electron chi connectivity index (χ0n) is 13.1. The first-order valence-corrected chi connectivity index (χ1v) is 9.21. The average molecular weight is 315 g/mol. The maximum atomic E-state index is 11.5. The monoisotopic (exact) mass is 315 g/mol. The van der Waals surface area contributed by atoms with Crippen molar-refractivity contribution in [3.8, 4) is 0 Å². The summed E-state index contributed by atoms with van der Waals surface area (Å²) in [4.78, 5) is 2.23. The summed E-state index contributed by atoms with van der Waals surface area (Å²) in [6, 6.07) is 2.10. The normalized spacial score (nSPS) is 18.2. The molecule has 0 saturated carbocycles. The summed E-state index contributed by atoms with van der Waals surface area (Å²) >= 11 is 0. The molecule has 0 radical (unpaired) electrons. The van der Waals surface area contributed by atoms with Gasteiger partial charge in [0.2, 0.25) is 10.0 Å². The Balaban J connectivity index is 1.89. The van der Waals surface area contributed by atoms with Gasteiger partial charge in [0.1, 0.15) is 11.5 Å². The number of nitrogens with one attached hydrogen (secondary N) is 1. The van der Waals surface area contributed by atoms with E-state index in [2.05, 4.69) is 23.2 Å². The van der Waals surface area contributed by atoms with Crippen LogP contribution in [0.2, 0.25) is 0 Å². The standard InChI is InChI=1S/C14H25N3O3S/c1-4-15-10-13-9-14(20-12(13)2)11-16-5-7-17(8-6-16)21(3,18)19/h9,15H,4-8,10-11H2,1-3H3. The van der Waals surface area contributed by atoms with Crippen LogP contribution in [0.3, 0.4) is 0 Å². The van der Waals surface area contributed by atoms with E-state index in [1.165, 1.54) is 16.1 Å². The minimum Gasteiger partial charge on any atom is -0.465 e. The van der Waals surface area contributed by atoms with Crippen molar-refractivity contribution in [2.75, 3.05) is 39.0 Å². The van der Waals surface area contributed by atoms with Crippen LogP contribution in [0, 0.1) is 6.92 Å². The van der Waals surface area contributed by atoms with Crippen LogP contribution in [-0.4, -0.2) is 56.6 Å². The van der Waals surface area contributed by atoms with Gasteiger partial charge in [-0.25, -0.2) is 8.42 Å². The van der Waals surface area contributed by atoms with Gasteiger partial charge in [0.05, 0.1) is 12.8 Å². The first-order chi connectivity index (χ1) is 9.90. The van der Waals surface area contributed by atoms with E-state index >= 15 is 0 Å². The van der Waals surface area contributed by atoms with Crippen molar-refractivity contribution in [2.24, 2.45) is 0 Å². The second kappa shape index (κ2) is 6.91. The lowest BCUT2D eigenvalue weighted by Crippen LogP contribution is -2.47. The topological polar surface area (TPSA) is 65.8 Å². The molecule has 1 aliphatic rings. The van der Waals surface area contributed by atoms with Gasteiger partial charge in [-0.2, -0.15) is 4.31 Å². The number of piperazine rings is 1. The predicted octanol–water partition coefficient (Wildman–Crippen LogP) is 0.775. The van der Waals surface area contributed by atoms with Crippen molar-refractivity contribution in [2.45, 2.75) is 26.9 Å². The summed E-state index contributed by atoms with van der Waals surface area (Å²) in [7, 11) is -3.06. The fourth-order valence-corrected chi connectivity index (χ4v) is 3.37. The fraction of sp³-hybridized carbons (Fsp3) is 0.714. The van der Waals surface area contributed by atoms with Crippen molar-refractivity contribution in [1.29, 1.82) is 0 Å². The molecule has 1 saturated heterocycles. The van der Waals surface area contributed by atoms with Crippen molar-refractivity contribution in [3.63, 3.8) is 0 Å². The van der Waals surface area contributed by atoms with Gasteiger partial charge in [0.25, 0.3) is 0 Å². The lowest BCUT2D eigenvalue weighted by molar-refractivity contribution is 0.171. The lowest BCUT2D eigenvalue weighted by atomic mass is 10.2. The Morgan fingerprint density at radius 1 is 1.29 bits per heavy atom. The molecule has 1 aromatic heterocycles. The molecule has 7 heteroatoms. The van der Waals surface area contributed by atoms with Gasteiger partial charge in [0.15, 0.2) is 0 Å². The molecule has 2 heterocycles. The Morgan fingerprint density at radius 3 is 2.52 bits per heavy atom. The van der Waals surface area contributed by atoms with E-state index in [0.717, 1.165) is 44.2 Å². The lowest BCUT2D eigenvalue weighted by Gasteiger charge is -2.32. The summed E-state index contributed by atoms with van der Waals surface area (Å²) in [6.07, 6.45) is 1.27. The van der Waals surface area contributed by atoms with E-state index < -0.39 is 10.0 Å². The second-order valence-corrected chi connectivity index (χ2v) is 7.50. The summed E-state index contributed by atoms with van der Waals surface area (Å²) in [5, 5.41) is 3.30. The Hall–Kier alpha value is -0.890. The fourth-order valence-electron chi connectivity index (χ4n) is 2.54. The van der Waals surface area contributed by atoms with Crippen LogP contribution in [0.15, 0.2) is 10.5 Å². The predicted molar refractivity (Wildman–Crippen MR) is 82.5 cm³/mol. The highest BCUT2D eigenvalue weighted by Crippen LogP contribution is 2.17. The van der Waals surface area contributed by atoms with E-state index in [4.69, 9.17) is 4.42 Å². The molecule has 6 nitrogen and oxygen atoms in total. The van der Waals surface area contributed by atoms with E-state index in [-0.39, 0.29) is 0 Å². The van der Waals surface area contributed by atoms with E-state index in [1.807, 2.05) is 6.92 Å². The molecular weight excluding hydrogens is 290 g/mol. The Bertz CT molecular complexity index is 560. The summed E-state index contributed by atoms with van der Waals surface area (Å²) in [6.45, 7) is 9.18. The third kappa shape index (κ3) is 4.54. The van der Waals surface area contributed by atoms with Crippen LogP contribution in [0.25, 0.3) is 0 Å². The van der Waals surface area contributed by atoms with E-state index in [0.29, 0.717) is 13.1 Å². The molecule has 0 aliphatic carbocycles. The van der Waals surface area contributed by atoms with E-state index in [1.54, 1.807) is 0 Å². The maximum Gasteiger partial charge on any atom is 0.211 e. The summed E-state index contributed by atoms with van der Waals surface area (Å²) < 4.78 is 30.3. The number of sulfonamides is 1. The molecule has 1 fully saturated rings. The molecule has 0 unspecified atom stereocenters. The Labute approximate surface area is 127 Å². The molecule has 21 heavy (non-hydrogen) atoms. The zero-order chi connectivity index (χ0) is 15.5. The molecule has 0 amide bonds. The summed E-state index contributed by atoms with van der Waals surface area (Å²) in [5.41, 5.74) is 1.20. The smallest absolute Gasteiger partial charge is 0.211 e. The highest BCUT2D eigenvalue weighted by molar-refractivity contribution is 7.88. The molecule has 0 aromatic carbocycles. The first-order valence-electron chi connectivity index (χ1n) is 7.36. The Kier molecular flexibility index (Phi) is 5.43. The molecule has 0 atom stereocenters. The van der Waals surface area contributed by atoms with Crippen LogP contribution in [0.5, 0.6) is 0 Å². The van der Waals surface area contributed by atoms with Crippen molar-refractivity contribution in [3.05, 3.63) is 23.2 Å². The van der Waals surface area contributed by atoms with Gasteiger partial charge in [-0.05, 0) is 19.5 Å². The molecule has 0 spiro atoms. The van der Waals surface area contributed by atoms with Crippen LogP contribution in [0.4, 0.5) is 0 Å². The van der Waals surface area contributed by atoms with E-state index in [9.17, 15) is 8.42 Å². The SMILES string of the molecule is CCNCc1cc(CN2CCN(S(C)(=O)=O)CC2)oc1C. The van der Waals surface area contributed by atoms with Gasteiger partial charge >= 0.3 is 0 Å². The quantitative estimate of drug-likeness (QED) is 0.840. The number of nitrogens with zero attached hydrogens (tertiary/aromatic N) is 2.